The van der Waals surface area contributed by atoms with Gasteiger partial charge in [-0.25, -0.2) is 8.42 Å². The monoisotopic (exact) mass is 339 g/mol. The van der Waals surface area contributed by atoms with Gasteiger partial charge in [-0.3, -0.25) is 0 Å². The molecule has 1 heterocycles. The first-order chi connectivity index (χ1) is 11.2. The molecule has 0 saturated carbocycles. The highest BCUT2D eigenvalue weighted by Crippen LogP contribution is 2.47. The molecule has 4 rings (SSSR count). The van der Waals surface area contributed by atoms with Gasteiger partial charge in [-0.15, -0.1) is 0 Å². The zero-order chi connectivity index (χ0) is 15.9. The molecule has 5 heteroatoms. The number of nitrogens with one attached hydrogen (secondary N) is 1. The number of hydrogen-bond donors (Lipinski definition) is 1. The molecule has 114 valence electrons. The van der Waals surface area contributed by atoms with Gasteiger partial charge in [0.1, 0.15) is 0 Å². The molecule has 23 heavy (non-hydrogen) atoms. The number of hydrogen-bond acceptors (Lipinski definition) is 4. The Morgan fingerprint density at radius 2 is 1.43 bits per heavy atom. The topological polar surface area (TPSA) is 46.2 Å². The second-order valence-electron chi connectivity index (χ2n) is 5.17. The van der Waals surface area contributed by atoms with Gasteiger partial charge < -0.3 is 5.32 Å². The molecular formula is C18H13NO2S2. The summed E-state index contributed by atoms with van der Waals surface area (Å²) in [7, 11) is -3.56. The van der Waals surface area contributed by atoms with Gasteiger partial charge in [0.15, 0.2) is 0 Å². The molecule has 3 nitrogen and oxygen atoms in total. The highest BCUT2D eigenvalue weighted by Gasteiger charge is 2.26. The molecule has 0 aliphatic carbocycles. The predicted molar refractivity (Wildman–Crippen MR) is 92.2 cm³/mol. The van der Waals surface area contributed by atoms with Crippen LogP contribution in [0, 0.1) is 0 Å². The minimum Gasteiger partial charge on any atom is -0.353 e. The Morgan fingerprint density at radius 1 is 0.739 bits per heavy atom. The number of benzene rings is 3. The van der Waals surface area contributed by atoms with Crippen LogP contribution in [0.15, 0.2) is 92.4 Å². The van der Waals surface area contributed by atoms with E-state index in [9.17, 15) is 8.42 Å². The Bertz CT molecular complexity index is 983. The highest BCUT2D eigenvalue weighted by atomic mass is 32.2. The standard InChI is InChI=1S/C18H13NO2S2/c20-23(21,13-7-2-1-3-8-13)17-12-6-11-16-18(17)19-14-9-4-5-10-15(14)22-16/h1-12,19H. The summed E-state index contributed by atoms with van der Waals surface area (Å²) < 4.78 is 25.9. The van der Waals surface area contributed by atoms with Crippen molar-refractivity contribution >= 4 is 33.0 Å². The fourth-order valence-corrected chi connectivity index (χ4v) is 5.13. The molecule has 1 aliphatic heterocycles. The van der Waals surface area contributed by atoms with Crippen LogP contribution in [0.1, 0.15) is 0 Å². The van der Waals surface area contributed by atoms with Crippen molar-refractivity contribution in [3.8, 4) is 0 Å². The maximum Gasteiger partial charge on any atom is 0.208 e. The van der Waals surface area contributed by atoms with E-state index in [0.717, 1.165) is 15.5 Å². The van der Waals surface area contributed by atoms with Crippen LogP contribution in [0.4, 0.5) is 11.4 Å². The smallest absolute Gasteiger partial charge is 0.208 e. The SMILES string of the molecule is O=S(=O)(c1ccccc1)c1cccc2c1Nc1ccccc1S2. The Labute approximate surface area is 139 Å². The molecule has 1 N–H and O–H groups in total. The third-order valence-corrected chi connectivity index (χ3v) is 6.65. The molecule has 0 radical (unpaired) electrons. The van der Waals surface area contributed by atoms with Gasteiger partial charge in [-0.1, -0.05) is 48.2 Å². The van der Waals surface area contributed by atoms with Gasteiger partial charge in [0.25, 0.3) is 0 Å². The molecule has 0 unspecified atom stereocenters. The summed E-state index contributed by atoms with van der Waals surface area (Å²) in [6, 6.07) is 21.8. The number of anilines is 2. The lowest BCUT2D eigenvalue weighted by molar-refractivity contribution is 0.596. The van der Waals surface area contributed by atoms with Crippen molar-refractivity contribution in [2.24, 2.45) is 0 Å². The summed E-state index contributed by atoms with van der Waals surface area (Å²) in [4.78, 5) is 2.62. The predicted octanol–water partition coefficient (Wildman–Crippen LogP) is 4.73. The summed E-state index contributed by atoms with van der Waals surface area (Å²) in [6.45, 7) is 0. The maximum absolute atomic E-state index is 13.0. The van der Waals surface area contributed by atoms with E-state index in [1.165, 1.54) is 0 Å². The molecule has 3 aromatic carbocycles. The minimum atomic E-state index is -3.56. The molecule has 0 fully saturated rings. The first kappa shape index (κ1) is 14.4. The normalized spacial score (nSPS) is 12.9. The van der Waals surface area contributed by atoms with Crippen LogP contribution in [0.3, 0.4) is 0 Å². The molecule has 0 saturated heterocycles. The van der Waals surface area contributed by atoms with E-state index in [1.54, 1.807) is 48.2 Å². The molecule has 0 aromatic heterocycles. The molecular weight excluding hydrogens is 326 g/mol. The summed E-state index contributed by atoms with van der Waals surface area (Å²) in [5, 5.41) is 3.28. The van der Waals surface area contributed by atoms with Crippen LogP contribution < -0.4 is 5.32 Å². The van der Waals surface area contributed by atoms with Gasteiger partial charge in [0.05, 0.1) is 21.2 Å². The molecule has 0 atom stereocenters. The molecule has 0 spiro atoms. The Hall–Kier alpha value is -2.24. The Kier molecular flexibility index (Phi) is 3.39. The van der Waals surface area contributed by atoms with E-state index < -0.39 is 9.84 Å². The largest absolute Gasteiger partial charge is 0.353 e. The van der Waals surface area contributed by atoms with Crippen molar-refractivity contribution in [3.63, 3.8) is 0 Å². The summed E-state index contributed by atoms with van der Waals surface area (Å²) in [5.74, 6) is 0. The maximum atomic E-state index is 13.0. The van der Waals surface area contributed by atoms with E-state index in [1.807, 2.05) is 36.4 Å². The average molecular weight is 339 g/mol. The van der Waals surface area contributed by atoms with E-state index in [0.29, 0.717) is 15.5 Å². The lowest BCUT2D eigenvalue weighted by Gasteiger charge is -2.23. The summed E-state index contributed by atoms with van der Waals surface area (Å²) in [6.07, 6.45) is 0. The van der Waals surface area contributed by atoms with Crippen molar-refractivity contribution in [1.82, 2.24) is 0 Å². The van der Waals surface area contributed by atoms with Crippen molar-refractivity contribution in [2.45, 2.75) is 19.6 Å². The van der Waals surface area contributed by atoms with Crippen molar-refractivity contribution in [1.29, 1.82) is 0 Å². The van der Waals surface area contributed by atoms with Crippen LogP contribution in [-0.4, -0.2) is 8.42 Å². The Morgan fingerprint density at radius 3 is 2.26 bits per heavy atom. The highest BCUT2D eigenvalue weighted by molar-refractivity contribution is 7.99. The fraction of sp³-hybridized carbons (Fsp3) is 0. The third-order valence-electron chi connectivity index (χ3n) is 3.70. The number of para-hydroxylation sites is 2. The van der Waals surface area contributed by atoms with Crippen LogP contribution in [-0.2, 0) is 9.84 Å². The van der Waals surface area contributed by atoms with Crippen LogP contribution >= 0.6 is 11.8 Å². The van der Waals surface area contributed by atoms with E-state index >= 15 is 0 Å². The van der Waals surface area contributed by atoms with Gasteiger partial charge in [0, 0.05) is 9.79 Å². The van der Waals surface area contributed by atoms with E-state index in [4.69, 9.17) is 0 Å². The van der Waals surface area contributed by atoms with E-state index in [2.05, 4.69) is 5.32 Å². The number of rotatable bonds is 2. The number of sulfone groups is 1. The number of fused-ring (bicyclic) bond motifs is 2. The minimum absolute atomic E-state index is 0.305. The van der Waals surface area contributed by atoms with Gasteiger partial charge in [-0.05, 0) is 36.4 Å². The quantitative estimate of drug-likeness (QED) is 0.573. The second-order valence-corrected chi connectivity index (χ2v) is 8.17. The second kappa shape index (κ2) is 5.44. The van der Waals surface area contributed by atoms with Gasteiger partial charge in [0.2, 0.25) is 9.84 Å². The van der Waals surface area contributed by atoms with Crippen molar-refractivity contribution in [3.05, 3.63) is 72.8 Å². The Balaban J connectivity index is 1.88. The fourth-order valence-electron chi connectivity index (χ4n) is 2.58. The summed E-state index contributed by atoms with van der Waals surface area (Å²) >= 11 is 1.58. The van der Waals surface area contributed by atoms with Crippen molar-refractivity contribution in [2.75, 3.05) is 5.32 Å². The third kappa shape index (κ3) is 2.42. The molecule has 1 aliphatic rings. The van der Waals surface area contributed by atoms with Crippen LogP contribution in [0.2, 0.25) is 0 Å². The first-order valence-corrected chi connectivity index (χ1v) is 9.43. The zero-order valence-corrected chi connectivity index (χ0v) is 13.7. The van der Waals surface area contributed by atoms with Crippen LogP contribution in [0.25, 0.3) is 0 Å². The van der Waals surface area contributed by atoms with Crippen molar-refractivity contribution < 1.29 is 8.42 Å². The summed E-state index contributed by atoms with van der Waals surface area (Å²) in [5.41, 5.74) is 1.58. The van der Waals surface area contributed by atoms with Crippen LogP contribution in [0.5, 0.6) is 0 Å². The molecule has 0 bridgehead atoms. The lowest BCUT2D eigenvalue weighted by Crippen LogP contribution is -2.08. The zero-order valence-electron chi connectivity index (χ0n) is 12.1. The average Bonchev–Trinajstić information content (AvgIpc) is 2.60. The van der Waals surface area contributed by atoms with Gasteiger partial charge in [-0.2, -0.15) is 0 Å². The lowest BCUT2D eigenvalue weighted by atomic mass is 10.2. The molecule has 3 aromatic rings. The molecule has 0 amide bonds. The van der Waals surface area contributed by atoms with E-state index in [-0.39, 0.29) is 0 Å². The first-order valence-electron chi connectivity index (χ1n) is 7.13. The van der Waals surface area contributed by atoms with Gasteiger partial charge >= 0.3 is 0 Å².